The number of nitrogens with one attached hydrogen (secondary N) is 3. The number of benzene rings is 2. The molecule has 2 amide bonds. The Hall–Kier alpha value is -4.14. The standard InChI is InChI=1S/C30H26ClF3N4O3S/c1-15-10-16(2)27(17(3)11-15)38-24(39)14-42-29-20(13-35)26(23-6-5-9-41-23)25(18(4)36-29)28(40)37-22-12-19(30(32,33)34)7-8-21(22)31/h5-12,26,36H,14H2,1-4H3,(H,37,40)(H,38,39)/t26-/m0/s1. The molecule has 12 heteroatoms. The van der Waals surface area contributed by atoms with E-state index in [9.17, 15) is 28.0 Å². The van der Waals surface area contributed by atoms with E-state index < -0.39 is 23.6 Å². The van der Waals surface area contributed by atoms with Crippen molar-refractivity contribution < 1.29 is 27.2 Å². The van der Waals surface area contributed by atoms with Crippen molar-refractivity contribution in [3.63, 3.8) is 0 Å². The number of thioether (sulfide) groups is 1. The van der Waals surface area contributed by atoms with Gasteiger partial charge in [0, 0.05) is 11.4 Å². The van der Waals surface area contributed by atoms with E-state index in [1.165, 1.54) is 6.26 Å². The zero-order valence-corrected chi connectivity index (χ0v) is 24.6. The van der Waals surface area contributed by atoms with Crippen LogP contribution in [0.15, 0.2) is 75.0 Å². The Kier molecular flexibility index (Phi) is 9.09. The summed E-state index contributed by atoms with van der Waals surface area (Å²) in [6.45, 7) is 7.37. The van der Waals surface area contributed by atoms with Crippen LogP contribution in [0, 0.1) is 32.1 Å². The van der Waals surface area contributed by atoms with Crippen molar-refractivity contribution in [1.29, 1.82) is 5.26 Å². The molecule has 0 radical (unpaired) electrons. The highest BCUT2D eigenvalue weighted by Gasteiger charge is 2.37. The smallest absolute Gasteiger partial charge is 0.416 e. The third-order valence-corrected chi connectivity index (χ3v) is 7.90. The first-order valence-electron chi connectivity index (χ1n) is 12.6. The number of hydrogen-bond donors (Lipinski definition) is 3. The highest BCUT2D eigenvalue weighted by Crippen LogP contribution is 2.42. The number of nitrogens with zero attached hydrogens (tertiary/aromatic N) is 1. The molecule has 2 heterocycles. The summed E-state index contributed by atoms with van der Waals surface area (Å²) >= 11 is 7.18. The van der Waals surface area contributed by atoms with E-state index in [-0.39, 0.29) is 39.3 Å². The van der Waals surface area contributed by atoms with Crippen LogP contribution in [0.3, 0.4) is 0 Å². The molecule has 0 spiro atoms. The molecule has 3 N–H and O–H groups in total. The molecule has 1 atom stereocenters. The van der Waals surface area contributed by atoms with Gasteiger partial charge < -0.3 is 20.4 Å². The summed E-state index contributed by atoms with van der Waals surface area (Å²) < 4.78 is 45.4. The summed E-state index contributed by atoms with van der Waals surface area (Å²) in [5, 5.41) is 18.8. The van der Waals surface area contributed by atoms with Crippen molar-refractivity contribution in [3.8, 4) is 6.07 Å². The molecule has 1 aromatic heterocycles. The first kappa shape index (κ1) is 30.8. The van der Waals surface area contributed by atoms with Gasteiger partial charge in [-0.3, -0.25) is 9.59 Å². The van der Waals surface area contributed by atoms with Gasteiger partial charge in [-0.2, -0.15) is 18.4 Å². The van der Waals surface area contributed by atoms with Crippen LogP contribution in [0.1, 0.15) is 40.9 Å². The van der Waals surface area contributed by atoms with Crippen LogP contribution in [0.25, 0.3) is 0 Å². The molecule has 0 aliphatic carbocycles. The Bertz CT molecular complexity index is 1630. The number of aryl methyl sites for hydroxylation is 3. The van der Waals surface area contributed by atoms with Crippen LogP contribution in [0.5, 0.6) is 0 Å². The predicted molar refractivity (Wildman–Crippen MR) is 157 cm³/mol. The van der Waals surface area contributed by atoms with Crippen LogP contribution < -0.4 is 16.0 Å². The zero-order valence-electron chi connectivity index (χ0n) is 23.0. The number of alkyl halides is 3. The minimum Gasteiger partial charge on any atom is -0.468 e. The number of allylic oxidation sites excluding steroid dienone is 2. The predicted octanol–water partition coefficient (Wildman–Crippen LogP) is 7.58. The normalized spacial score (nSPS) is 15.3. The van der Waals surface area contributed by atoms with Gasteiger partial charge in [0.25, 0.3) is 5.91 Å². The van der Waals surface area contributed by atoms with Crippen molar-refractivity contribution >= 4 is 46.6 Å². The Labute approximate surface area is 249 Å². The number of amides is 2. The molecule has 7 nitrogen and oxygen atoms in total. The van der Waals surface area contributed by atoms with E-state index in [1.54, 1.807) is 19.1 Å². The van der Waals surface area contributed by atoms with Gasteiger partial charge >= 0.3 is 6.18 Å². The van der Waals surface area contributed by atoms with Gasteiger partial charge in [0.15, 0.2) is 0 Å². The largest absolute Gasteiger partial charge is 0.468 e. The Morgan fingerprint density at radius 2 is 1.79 bits per heavy atom. The van der Waals surface area contributed by atoms with Crippen LogP contribution in [-0.2, 0) is 15.8 Å². The lowest BCUT2D eigenvalue weighted by Gasteiger charge is -2.28. The SMILES string of the molecule is CC1=C(C(=O)Nc2cc(C(F)(F)F)ccc2Cl)[C@H](c2ccco2)C(C#N)=C(SCC(=O)Nc2c(C)cc(C)cc2C)N1. The summed E-state index contributed by atoms with van der Waals surface area (Å²) in [7, 11) is 0. The number of nitriles is 1. The lowest BCUT2D eigenvalue weighted by molar-refractivity contribution is -0.137. The van der Waals surface area contributed by atoms with Crippen molar-refractivity contribution in [2.75, 3.05) is 16.4 Å². The third-order valence-electron chi connectivity index (χ3n) is 6.55. The minimum absolute atomic E-state index is 0.0419. The highest BCUT2D eigenvalue weighted by atomic mass is 35.5. The molecule has 0 fully saturated rings. The maximum absolute atomic E-state index is 13.5. The maximum Gasteiger partial charge on any atom is 0.416 e. The molecule has 0 bridgehead atoms. The van der Waals surface area contributed by atoms with Crippen LogP contribution in [0.4, 0.5) is 24.5 Å². The number of furan rings is 1. The number of dihydropyridines is 1. The summed E-state index contributed by atoms with van der Waals surface area (Å²) in [5.41, 5.74) is 2.90. The molecule has 2 aromatic carbocycles. The number of hydrogen-bond acceptors (Lipinski definition) is 6. The monoisotopic (exact) mass is 614 g/mol. The van der Waals surface area contributed by atoms with Crippen LogP contribution >= 0.6 is 23.4 Å². The topological polar surface area (TPSA) is 107 Å². The Morgan fingerprint density at radius 1 is 1.10 bits per heavy atom. The van der Waals surface area contributed by atoms with Gasteiger partial charge in [0.05, 0.1) is 56.5 Å². The van der Waals surface area contributed by atoms with Gasteiger partial charge in [-0.05, 0) is 69.2 Å². The van der Waals surface area contributed by atoms with Gasteiger partial charge in [-0.15, -0.1) is 0 Å². The van der Waals surface area contributed by atoms with Crippen molar-refractivity contribution in [3.05, 3.63) is 104 Å². The molecule has 1 aliphatic rings. The quantitative estimate of drug-likeness (QED) is 0.253. The first-order chi connectivity index (χ1) is 19.8. The van der Waals surface area contributed by atoms with Gasteiger partial charge in [0.2, 0.25) is 5.91 Å². The maximum atomic E-state index is 13.5. The fourth-order valence-corrected chi connectivity index (χ4v) is 5.80. The molecular weight excluding hydrogens is 589 g/mol. The first-order valence-corrected chi connectivity index (χ1v) is 14.0. The highest BCUT2D eigenvalue weighted by molar-refractivity contribution is 8.03. The minimum atomic E-state index is -4.64. The average Bonchev–Trinajstić information content (AvgIpc) is 3.44. The molecular formula is C30H26ClF3N4O3S. The van der Waals surface area contributed by atoms with Gasteiger partial charge in [0.1, 0.15) is 5.76 Å². The van der Waals surface area contributed by atoms with Crippen LogP contribution in [-0.4, -0.2) is 17.6 Å². The van der Waals surface area contributed by atoms with Gasteiger partial charge in [-0.25, -0.2) is 0 Å². The molecule has 0 saturated heterocycles. The molecule has 4 rings (SSSR count). The lowest BCUT2D eigenvalue weighted by atomic mass is 9.85. The molecule has 0 saturated carbocycles. The lowest BCUT2D eigenvalue weighted by Crippen LogP contribution is -2.31. The van der Waals surface area contributed by atoms with E-state index in [0.29, 0.717) is 16.4 Å². The van der Waals surface area contributed by atoms with Crippen molar-refractivity contribution in [2.24, 2.45) is 0 Å². The van der Waals surface area contributed by atoms with E-state index in [0.717, 1.165) is 46.7 Å². The van der Waals surface area contributed by atoms with E-state index >= 15 is 0 Å². The second kappa shape index (κ2) is 12.4. The number of anilines is 2. The summed E-state index contributed by atoms with van der Waals surface area (Å²) in [6.07, 6.45) is -3.26. The summed E-state index contributed by atoms with van der Waals surface area (Å²) in [4.78, 5) is 26.4. The fourth-order valence-electron chi connectivity index (χ4n) is 4.74. The number of halogens is 4. The molecule has 0 unspecified atom stereocenters. The van der Waals surface area contributed by atoms with E-state index in [4.69, 9.17) is 16.0 Å². The molecule has 218 valence electrons. The number of carbonyl (C=O) groups is 2. The van der Waals surface area contributed by atoms with Gasteiger partial charge in [-0.1, -0.05) is 41.1 Å². The number of carbonyl (C=O) groups excluding carboxylic acids is 2. The second-order valence-corrected chi connectivity index (χ2v) is 11.1. The van der Waals surface area contributed by atoms with Crippen LogP contribution in [0.2, 0.25) is 5.02 Å². The van der Waals surface area contributed by atoms with Crippen molar-refractivity contribution in [1.82, 2.24) is 5.32 Å². The number of rotatable bonds is 7. The summed E-state index contributed by atoms with van der Waals surface area (Å²) in [6, 6.07) is 11.8. The molecule has 42 heavy (non-hydrogen) atoms. The average molecular weight is 615 g/mol. The van der Waals surface area contributed by atoms with E-state index in [2.05, 4.69) is 22.0 Å². The Balaban J connectivity index is 1.61. The molecule has 3 aromatic rings. The zero-order chi connectivity index (χ0) is 30.8. The second-order valence-electron chi connectivity index (χ2n) is 9.72. The summed E-state index contributed by atoms with van der Waals surface area (Å²) in [5.74, 6) is -1.84. The Morgan fingerprint density at radius 3 is 2.38 bits per heavy atom. The van der Waals surface area contributed by atoms with Crippen molar-refractivity contribution in [2.45, 2.75) is 39.8 Å². The third kappa shape index (κ3) is 6.66. The fraction of sp³-hybridized carbons (Fsp3) is 0.233. The van der Waals surface area contributed by atoms with E-state index in [1.807, 2.05) is 32.9 Å². The molecule has 1 aliphatic heterocycles.